The lowest BCUT2D eigenvalue weighted by Crippen LogP contribution is -2.00. The zero-order valence-corrected chi connectivity index (χ0v) is 14.9. The molecule has 0 amide bonds. The first-order valence-corrected chi connectivity index (χ1v) is 8.45. The molecule has 0 aliphatic carbocycles. The van der Waals surface area contributed by atoms with Crippen LogP contribution in [0.1, 0.15) is 25.5 Å². The maximum absolute atomic E-state index is 6.45. The molecule has 7 heteroatoms. The topological polar surface area (TPSA) is 60.9 Å². The summed E-state index contributed by atoms with van der Waals surface area (Å²) < 4.78 is 3.70. The predicted octanol–water partition coefficient (Wildman–Crippen LogP) is 4.20. The highest BCUT2D eigenvalue weighted by molar-refractivity contribution is 6.33. The summed E-state index contributed by atoms with van der Waals surface area (Å²) in [6.07, 6.45) is 5.63. The van der Waals surface area contributed by atoms with Gasteiger partial charge >= 0.3 is 0 Å². The van der Waals surface area contributed by atoms with Gasteiger partial charge in [-0.15, -0.1) is 5.10 Å². The van der Waals surface area contributed by atoms with Gasteiger partial charge in [0.15, 0.2) is 11.0 Å². The quantitative estimate of drug-likeness (QED) is 0.554. The van der Waals surface area contributed by atoms with Gasteiger partial charge in [-0.25, -0.2) is 9.50 Å². The summed E-state index contributed by atoms with van der Waals surface area (Å²) in [5.41, 5.74) is 4.37. The van der Waals surface area contributed by atoms with Crippen molar-refractivity contribution in [2.24, 2.45) is 0 Å². The highest BCUT2D eigenvalue weighted by Crippen LogP contribution is 2.31. The Morgan fingerprint density at radius 2 is 1.92 bits per heavy atom. The minimum absolute atomic E-state index is 0.310. The Morgan fingerprint density at radius 1 is 1.08 bits per heavy atom. The summed E-state index contributed by atoms with van der Waals surface area (Å²) in [5.74, 6) is 0.493. The fourth-order valence-corrected chi connectivity index (χ4v) is 3.12. The minimum atomic E-state index is 0.310. The molecule has 0 aromatic carbocycles. The van der Waals surface area contributed by atoms with Crippen LogP contribution in [0.15, 0.2) is 42.9 Å². The molecule has 0 bridgehead atoms. The van der Waals surface area contributed by atoms with Crippen molar-refractivity contribution >= 4 is 17.1 Å². The summed E-state index contributed by atoms with van der Waals surface area (Å²) in [6.45, 7) is 6.21. The molecule has 0 aliphatic heterocycles. The lowest BCUT2D eigenvalue weighted by Gasteiger charge is -2.03. The number of hydrogen-bond acceptors (Lipinski definition) is 4. The Kier molecular flexibility index (Phi) is 3.77. The van der Waals surface area contributed by atoms with E-state index in [1.54, 1.807) is 10.7 Å². The largest absolute Gasteiger partial charge is 0.270 e. The van der Waals surface area contributed by atoms with Gasteiger partial charge in [0, 0.05) is 30.2 Å². The molecule has 4 rings (SSSR count). The Bertz CT molecular complexity index is 1050. The van der Waals surface area contributed by atoms with Crippen molar-refractivity contribution in [3.63, 3.8) is 0 Å². The number of hydrogen-bond donors (Lipinski definition) is 0. The van der Waals surface area contributed by atoms with Crippen molar-refractivity contribution in [2.45, 2.75) is 26.8 Å². The van der Waals surface area contributed by atoms with E-state index in [9.17, 15) is 0 Å². The average molecular weight is 353 g/mol. The van der Waals surface area contributed by atoms with Crippen LogP contribution in [-0.2, 0) is 0 Å². The van der Waals surface area contributed by atoms with Crippen LogP contribution in [0.25, 0.3) is 28.3 Å². The molecule has 4 aromatic rings. The van der Waals surface area contributed by atoms with Crippen molar-refractivity contribution in [1.82, 2.24) is 29.4 Å². The Hall–Kier alpha value is -2.73. The van der Waals surface area contributed by atoms with Gasteiger partial charge < -0.3 is 0 Å². The van der Waals surface area contributed by atoms with Crippen LogP contribution in [0.2, 0.25) is 5.15 Å². The summed E-state index contributed by atoms with van der Waals surface area (Å²) in [6, 6.07) is 7.92. The molecule has 0 spiro atoms. The molecular formula is C18H17ClN6. The van der Waals surface area contributed by atoms with E-state index < -0.39 is 0 Å². The molecule has 0 saturated heterocycles. The third kappa shape index (κ3) is 2.68. The number of aromatic nitrogens is 6. The second-order valence-electron chi connectivity index (χ2n) is 6.18. The van der Waals surface area contributed by atoms with E-state index in [-0.39, 0.29) is 0 Å². The van der Waals surface area contributed by atoms with Crippen molar-refractivity contribution in [2.75, 3.05) is 0 Å². The van der Waals surface area contributed by atoms with Crippen LogP contribution in [0, 0.1) is 6.92 Å². The Balaban J connectivity index is 1.88. The number of nitrogens with zero attached hydrogens (tertiary/aromatic N) is 6. The smallest absolute Gasteiger partial charge is 0.200 e. The van der Waals surface area contributed by atoms with Crippen molar-refractivity contribution in [3.8, 4) is 22.8 Å². The molecule has 4 aromatic heterocycles. The molecule has 0 fully saturated rings. The molecule has 0 atom stereocenters. The highest BCUT2D eigenvalue weighted by Gasteiger charge is 2.17. The molecule has 126 valence electrons. The van der Waals surface area contributed by atoms with Crippen LogP contribution >= 0.6 is 11.6 Å². The molecule has 0 unspecified atom stereocenters. The van der Waals surface area contributed by atoms with Crippen molar-refractivity contribution < 1.29 is 0 Å². The van der Waals surface area contributed by atoms with Crippen LogP contribution < -0.4 is 0 Å². The van der Waals surface area contributed by atoms with Gasteiger partial charge in [-0.2, -0.15) is 5.10 Å². The number of pyridine rings is 1. The Labute approximate surface area is 150 Å². The molecule has 25 heavy (non-hydrogen) atoms. The van der Waals surface area contributed by atoms with E-state index in [0.717, 1.165) is 22.3 Å². The molecule has 0 radical (unpaired) electrons. The lowest BCUT2D eigenvalue weighted by atomic mass is 10.1. The fraction of sp³-hybridized carbons (Fsp3) is 0.222. The molecular weight excluding hydrogens is 336 g/mol. The maximum atomic E-state index is 6.45. The van der Waals surface area contributed by atoms with Crippen LogP contribution in [0.3, 0.4) is 0 Å². The molecule has 4 heterocycles. The normalized spacial score (nSPS) is 11.6. The van der Waals surface area contributed by atoms with E-state index in [1.807, 2.05) is 48.3 Å². The molecule has 6 nitrogen and oxygen atoms in total. The Morgan fingerprint density at radius 3 is 2.60 bits per heavy atom. The van der Waals surface area contributed by atoms with Gasteiger partial charge in [0.05, 0.1) is 5.69 Å². The lowest BCUT2D eigenvalue weighted by molar-refractivity contribution is 0.534. The van der Waals surface area contributed by atoms with E-state index in [0.29, 0.717) is 22.7 Å². The third-order valence-corrected chi connectivity index (χ3v) is 4.41. The van der Waals surface area contributed by atoms with Gasteiger partial charge in [-0.05, 0) is 44.5 Å². The van der Waals surface area contributed by atoms with Gasteiger partial charge in [0.1, 0.15) is 11.2 Å². The van der Waals surface area contributed by atoms with Gasteiger partial charge in [0.2, 0.25) is 0 Å². The molecule has 0 aliphatic rings. The average Bonchev–Trinajstić information content (AvgIpc) is 3.21. The molecule has 0 N–H and O–H groups in total. The summed E-state index contributed by atoms with van der Waals surface area (Å²) >= 11 is 6.45. The van der Waals surface area contributed by atoms with E-state index in [2.05, 4.69) is 34.0 Å². The van der Waals surface area contributed by atoms with Crippen LogP contribution in [0.5, 0.6) is 0 Å². The standard InChI is InChI=1S/C18H17ClN6/c1-11(2)24-9-7-14(22-24)13-10-25-16(12(13)3)17(19)21-18(23-25)15-6-4-5-8-20-15/h4-11H,1-3H3. The number of rotatable bonds is 3. The SMILES string of the molecule is Cc1c(-c2ccn(C(C)C)n2)cn2nc(-c3ccccn3)nc(Cl)c12. The molecule has 0 saturated carbocycles. The summed E-state index contributed by atoms with van der Waals surface area (Å²) in [4.78, 5) is 8.71. The van der Waals surface area contributed by atoms with Gasteiger partial charge in [0.25, 0.3) is 0 Å². The monoisotopic (exact) mass is 352 g/mol. The number of fused-ring (bicyclic) bond motifs is 1. The minimum Gasteiger partial charge on any atom is -0.270 e. The third-order valence-electron chi connectivity index (χ3n) is 4.15. The zero-order chi connectivity index (χ0) is 17.6. The number of aryl methyl sites for hydroxylation is 1. The fourth-order valence-electron chi connectivity index (χ4n) is 2.81. The van der Waals surface area contributed by atoms with Gasteiger partial charge in [-0.3, -0.25) is 9.67 Å². The second-order valence-corrected chi connectivity index (χ2v) is 6.53. The van der Waals surface area contributed by atoms with Crippen molar-refractivity contribution in [3.05, 3.63) is 53.6 Å². The summed E-state index contributed by atoms with van der Waals surface area (Å²) in [7, 11) is 0. The van der Waals surface area contributed by atoms with E-state index in [4.69, 9.17) is 11.6 Å². The number of halogens is 1. The van der Waals surface area contributed by atoms with Crippen molar-refractivity contribution in [1.29, 1.82) is 0 Å². The summed E-state index contributed by atoms with van der Waals surface area (Å²) in [5, 5.41) is 9.63. The first-order valence-electron chi connectivity index (χ1n) is 8.07. The van der Waals surface area contributed by atoms with Crippen LogP contribution in [0.4, 0.5) is 0 Å². The predicted molar refractivity (Wildman–Crippen MR) is 97.6 cm³/mol. The first-order chi connectivity index (χ1) is 12.0. The maximum Gasteiger partial charge on any atom is 0.200 e. The van der Waals surface area contributed by atoms with Gasteiger partial charge in [-0.1, -0.05) is 17.7 Å². The van der Waals surface area contributed by atoms with E-state index in [1.165, 1.54) is 0 Å². The van der Waals surface area contributed by atoms with E-state index >= 15 is 0 Å². The van der Waals surface area contributed by atoms with Crippen LogP contribution in [-0.4, -0.2) is 29.4 Å². The first kappa shape index (κ1) is 15.8. The second kappa shape index (κ2) is 5.97. The highest BCUT2D eigenvalue weighted by atomic mass is 35.5. The zero-order valence-electron chi connectivity index (χ0n) is 14.2.